The summed E-state index contributed by atoms with van der Waals surface area (Å²) in [6.45, 7) is 7.00. The van der Waals surface area contributed by atoms with Crippen LogP contribution in [0.2, 0.25) is 0 Å². The van der Waals surface area contributed by atoms with E-state index in [9.17, 15) is 9.59 Å². The van der Waals surface area contributed by atoms with E-state index >= 15 is 0 Å². The highest BCUT2D eigenvalue weighted by molar-refractivity contribution is 5.72. The van der Waals surface area contributed by atoms with E-state index in [0.29, 0.717) is 6.54 Å². The van der Waals surface area contributed by atoms with Crippen LogP contribution in [-0.4, -0.2) is 24.6 Å². The number of nitrogens with two attached hydrogens (primary N) is 2. The molecule has 6 N–H and O–H groups in total. The molecular formula is C13H26N4O2. The second-order valence-corrected chi connectivity index (χ2v) is 6.48. The molecule has 0 bridgehead atoms. The SMILES string of the molecule is CCC1(C)CC(NC(N)=O)CC(C)(CNC(N)=O)C1. The third-order valence-corrected chi connectivity index (χ3v) is 4.22. The van der Waals surface area contributed by atoms with Gasteiger partial charge in [-0.05, 0) is 30.1 Å². The monoisotopic (exact) mass is 270 g/mol. The first-order valence-electron chi connectivity index (χ1n) is 6.77. The van der Waals surface area contributed by atoms with E-state index in [-0.39, 0.29) is 16.9 Å². The summed E-state index contributed by atoms with van der Waals surface area (Å²) in [7, 11) is 0. The van der Waals surface area contributed by atoms with Gasteiger partial charge in [0.15, 0.2) is 0 Å². The molecule has 3 unspecified atom stereocenters. The molecule has 19 heavy (non-hydrogen) atoms. The molecule has 6 nitrogen and oxygen atoms in total. The second-order valence-electron chi connectivity index (χ2n) is 6.48. The Morgan fingerprint density at radius 2 is 1.74 bits per heavy atom. The van der Waals surface area contributed by atoms with Gasteiger partial charge in [0.2, 0.25) is 0 Å². The minimum Gasteiger partial charge on any atom is -0.352 e. The molecule has 0 aromatic heterocycles. The van der Waals surface area contributed by atoms with Gasteiger partial charge in [0, 0.05) is 12.6 Å². The molecule has 0 heterocycles. The molecule has 1 saturated carbocycles. The lowest BCUT2D eigenvalue weighted by atomic mass is 9.61. The summed E-state index contributed by atoms with van der Waals surface area (Å²) in [5.74, 6) is 0. The van der Waals surface area contributed by atoms with Gasteiger partial charge in [-0.25, -0.2) is 9.59 Å². The van der Waals surface area contributed by atoms with Crippen molar-refractivity contribution >= 4 is 12.1 Å². The topological polar surface area (TPSA) is 110 Å². The van der Waals surface area contributed by atoms with Gasteiger partial charge < -0.3 is 22.1 Å². The lowest BCUT2D eigenvalue weighted by Gasteiger charge is -2.48. The molecule has 1 rings (SSSR count). The molecule has 1 aliphatic carbocycles. The van der Waals surface area contributed by atoms with Crippen molar-refractivity contribution < 1.29 is 9.59 Å². The van der Waals surface area contributed by atoms with Crippen LogP contribution < -0.4 is 22.1 Å². The number of primary amides is 2. The first kappa shape index (κ1) is 15.6. The summed E-state index contributed by atoms with van der Waals surface area (Å²) >= 11 is 0. The van der Waals surface area contributed by atoms with E-state index in [2.05, 4.69) is 31.4 Å². The van der Waals surface area contributed by atoms with Crippen LogP contribution in [0, 0.1) is 10.8 Å². The van der Waals surface area contributed by atoms with E-state index in [0.717, 1.165) is 25.7 Å². The summed E-state index contributed by atoms with van der Waals surface area (Å²) in [4.78, 5) is 22.0. The lowest BCUT2D eigenvalue weighted by Crippen LogP contribution is -2.52. The molecule has 0 spiro atoms. The lowest BCUT2D eigenvalue weighted by molar-refractivity contribution is 0.0598. The molecule has 0 aliphatic heterocycles. The van der Waals surface area contributed by atoms with Crippen LogP contribution in [0.5, 0.6) is 0 Å². The van der Waals surface area contributed by atoms with Crippen molar-refractivity contribution in [2.75, 3.05) is 6.54 Å². The summed E-state index contributed by atoms with van der Waals surface area (Å²) in [5, 5.41) is 5.50. The number of carbonyl (C=O) groups excluding carboxylic acids is 2. The maximum absolute atomic E-state index is 11.1. The zero-order valence-corrected chi connectivity index (χ0v) is 12.1. The predicted molar refractivity (Wildman–Crippen MR) is 74.4 cm³/mol. The summed E-state index contributed by atoms with van der Waals surface area (Å²) < 4.78 is 0. The summed E-state index contributed by atoms with van der Waals surface area (Å²) in [6, 6.07) is -0.948. The van der Waals surface area contributed by atoms with Crippen LogP contribution in [0.3, 0.4) is 0 Å². The Morgan fingerprint density at radius 1 is 1.16 bits per heavy atom. The zero-order chi connectivity index (χ0) is 14.7. The van der Waals surface area contributed by atoms with Gasteiger partial charge in [0.05, 0.1) is 0 Å². The van der Waals surface area contributed by atoms with Crippen molar-refractivity contribution in [2.45, 2.75) is 52.5 Å². The first-order valence-corrected chi connectivity index (χ1v) is 6.77. The van der Waals surface area contributed by atoms with Gasteiger partial charge >= 0.3 is 12.1 Å². The number of urea groups is 2. The Labute approximate surface area is 114 Å². The normalized spacial score (nSPS) is 34.6. The number of nitrogens with one attached hydrogen (secondary N) is 2. The first-order chi connectivity index (χ1) is 8.68. The van der Waals surface area contributed by atoms with Crippen molar-refractivity contribution in [3.63, 3.8) is 0 Å². The van der Waals surface area contributed by atoms with Crippen molar-refractivity contribution in [1.82, 2.24) is 10.6 Å². The number of amides is 4. The molecule has 6 heteroatoms. The van der Waals surface area contributed by atoms with E-state index in [1.807, 2.05) is 0 Å². The molecule has 0 aromatic carbocycles. The highest BCUT2D eigenvalue weighted by Gasteiger charge is 2.43. The van der Waals surface area contributed by atoms with Crippen LogP contribution in [0.4, 0.5) is 9.59 Å². The summed E-state index contributed by atoms with van der Waals surface area (Å²) in [6.07, 6.45) is 3.73. The minimum atomic E-state index is -0.510. The zero-order valence-electron chi connectivity index (χ0n) is 12.1. The molecule has 3 atom stereocenters. The smallest absolute Gasteiger partial charge is 0.312 e. The van der Waals surface area contributed by atoms with Gasteiger partial charge in [0.1, 0.15) is 0 Å². The van der Waals surface area contributed by atoms with Crippen LogP contribution in [0.1, 0.15) is 46.5 Å². The Morgan fingerprint density at radius 3 is 2.21 bits per heavy atom. The van der Waals surface area contributed by atoms with Crippen molar-refractivity contribution in [3.8, 4) is 0 Å². The molecule has 1 fully saturated rings. The van der Waals surface area contributed by atoms with Crippen LogP contribution in [-0.2, 0) is 0 Å². The standard InChI is InChI=1S/C13H26N4O2/c1-4-12(2)5-9(17-11(15)19)6-13(3,7-12)8-16-10(14)18/h9H,4-8H2,1-3H3,(H3,14,16,18)(H3,15,17,19). The molecular weight excluding hydrogens is 244 g/mol. The fourth-order valence-corrected chi connectivity index (χ4v) is 3.44. The van der Waals surface area contributed by atoms with Gasteiger partial charge in [0.25, 0.3) is 0 Å². The largest absolute Gasteiger partial charge is 0.352 e. The van der Waals surface area contributed by atoms with Crippen molar-refractivity contribution in [1.29, 1.82) is 0 Å². The summed E-state index contributed by atoms with van der Waals surface area (Å²) in [5.41, 5.74) is 10.4. The van der Waals surface area contributed by atoms with Crippen LogP contribution in [0.15, 0.2) is 0 Å². The molecule has 4 amide bonds. The average molecular weight is 270 g/mol. The molecule has 1 aliphatic rings. The minimum absolute atomic E-state index is 0.0517. The average Bonchev–Trinajstić information content (AvgIpc) is 2.24. The Hall–Kier alpha value is -1.46. The second kappa shape index (κ2) is 5.67. The molecule has 0 radical (unpaired) electrons. The Balaban J connectivity index is 2.79. The van der Waals surface area contributed by atoms with Crippen molar-refractivity contribution in [3.05, 3.63) is 0 Å². The van der Waals surface area contributed by atoms with E-state index in [1.54, 1.807) is 0 Å². The molecule has 0 aromatic rings. The number of rotatable bonds is 4. The van der Waals surface area contributed by atoms with Crippen LogP contribution in [0.25, 0.3) is 0 Å². The van der Waals surface area contributed by atoms with E-state index in [4.69, 9.17) is 11.5 Å². The third kappa shape index (κ3) is 4.61. The van der Waals surface area contributed by atoms with Gasteiger partial charge in [-0.1, -0.05) is 27.2 Å². The van der Waals surface area contributed by atoms with E-state index < -0.39 is 12.1 Å². The fourth-order valence-electron chi connectivity index (χ4n) is 3.44. The van der Waals surface area contributed by atoms with Gasteiger partial charge in [-0.2, -0.15) is 0 Å². The Bertz CT molecular complexity index is 361. The highest BCUT2D eigenvalue weighted by Crippen LogP contribution is 2.47. The number of hydrogen-bond donors (Lipinski definition) is 4. The number of hydrogen-bond acceptors (Lipinski definition) is 2. The highest BCUT2D eigenvalue weighted by atomic mass is 16.2. The maximum Gasteiger partial charge on any atom is 0.312 e. The van der Waals surface area contributed by atoms with Gasteiger partial charge in [-0.15, -0.1) is 0 Å². The quantitative estimate of drug-likeness (QED) is 0.617. The number of carbonyl (C=O) groups is 2. The molecule has 0 saturated heterocycles. The maximum atomic E-state index is 11.1. The fraction of sp³-hybridized carbons (Fsp3) is 0.846. The molecule has 110 valence electrons. The predicted octanol–water partition coefficient (Wildman–Crippen LogP) is 1.30. The Kier molecular flexibility index (Phi) is 4.66. The van der Waals surface area contributed by atoms with Crippen LogP contribution >= 0.6 is 0 Å². The van der Waals surface area contributed by atoms with E-state index in [1.165, 1.54) is 0 Å². The van der Waals surface area contributed by atoms with Crippen molar-refractivity contribution in [2.24, 2.45) is 22.3 Å². The third-order valence-electron chi connectivity index (χ3n) is 4.22. The van der Waals surface area contributed by atoms with Gasteiger partial charge in [-0.3, -0.25) is 0 Å².